The molecule has 0 spiro atoms. The van der Waals surface area contributed by atoms with Gasteiger partial charge < -0.3 is 20.6 Å². The van der Waals surface area contributed by atoms with Gasteiger partial charge in [-0.05, 0) is 38.2 Å². The summed E-state index contributed by atoms with van der Waals surface area (Å²) in [6.45, 7) is 0.522. The number of aliphatic hydroxyl groups excluding tert-OH is 2. The number of halogens is 1. The Bertz CT molecular complexity index is 346. The molecule has 0 aliphatic rings. The normalized spacial score (nSPS) is 14.8. The van der Waals surface area contributed by atoms with E-state index in [0.29, 0.717) is 13.0 Å². The van der Waals surface area contributed by atoms with Crippen molar-refractivity contribution in [3.63, 3.8) is 0 Å². The number of phenolic OH excluding ortho intramolecular Hbond substituents is 1. The number of nitrogens with one attached hydrogen (secondary N) is 1. The van der Waals surface area contributed by atoms with Gasteiger partial charge in [-0.25, -0.2) is 4.39 Å². The highest BCUT2D eigenvalue weighted by Crippen LogP contribution is 2.27. The van der Waals surface area contributed by atoms with Gasteiger partial charge >= 0.3 is 0 Å². The zero-order valence-electron chi connectivity index (χ0n) is 9.02. The fourth-order valence-electron chi connectivity index (χ4n) is 1.42. The zero-order valence-corrected chi connectivity index (χ0v) is 9.02. The molecule has 0 amide bonds. The molecule has 4 nitrogen and oxygen atoms in total. The Labute approximate surface area is 93.4 Å². The number of rotatable bonds is 5. The molecular weight excluding hydrogens is 213 g/mol. The number of hydrogen-bond acceptors (Lipinski definition) is 4. The van der Waals surface area contributed by atoms with Gasteiger partial charge in [-0.1, -0.05) is 0 Å². The second kappa shape index (κ2) is 5.79. The van der Waals surface area contributed by atoms with Crippen molar-refractivity contribution >= 4 is 0 Å². The van der Waals surface area contributed by atoms with E-state index in [9.17, 15) is 19.7 Å². The lowest BCUT2D eigenvalue weighted by Crippen LogP contribution is -2.23. The summed E-state index contributed by atoms with van der Waals surface area (Å²) < 4.78 is 12.9. The highest BCUT2D eigenvalue weighted by molar-refractivity contribution is 5.34. The lowest BCUT2D eigenvalue weighted by molar-refractivity contribution is 0.0126. The largest absolute Gasteiger partial charge is 0.508 e. The average molecular weight is 229 g/mol. The van der Waals surface area contributed by atoms with E-state index in [-0.39, 0.29) is 11.3 Å². The highest BCUT2D eigenvalue weighted by Gasteiger charge is 2.21. The minimum absolute atomic E-state index is 0.00334. The molecule has 0 heterocycles. The first kappa shape index (κ1) is 12.9. The van der Waals surface area contributed by atoms with Crippen LogP contribution in [0.5, 0.6) is 5.75 Å². The van der Waals surface area contributed by atoms with Gasteiger partial charge in [-0.3, -0.25) is 0 Å². The molecule has 0 aromatic heterocycles. The van der Waals surface area contributed by atoms with Crippen LogP contribution in [-0.4, -0.2) is 35.0 Å². The maximum atomic E-state index is 12.9. The van der Waals surface area contributed by atoms with Crippen LogP contribution in [0.4, 0.5) is 4.39 Å². The minimum atomic E-state index is -1.29. The minimum Gasteiger partial charge on any atom is -0.508 e. The maximum absolute atomic E-state index is 12.9. The third-order valence-electron chi connectivity index (χ3n) is 2.36. The summed E-state index contributed by atoms with van der Waals surface area (Å²) in [4.78, 5) is 0. The van der Waals surface area contributed by atoms with Crippen LogP contribution in [-0.2, 0) is 0 Å². The van der Waals surface area contributed by atoms with Gasteiger partial charge in [-0.2, -0.15) is 0 Å². The Hall–Kier alpha value is -1.17. The smallest absolute Gasteiger partial charge is 0.123 e. The van der Waals surface area contributed by atoms with Crippen molar-refractivity contribution in [2.24, 2.45) is 0 Å². The van der Waals surface area contributed by atoms with E-state index >= 15 is 0 Å². The lowest BCUT2D eigenvalue weighted by Gasteiger charge is -2.18. The van der Waals surface area contributed by atoms with Gasteiger partial charge in [-0.15, -0.1) is 0 Å². The summed E-state index contributed by atoms with van der Waals surface area (Å²) in [5.74, 6) is -0.787. The Morgan fingerprint density at radius 2 is 2.06 bits per heavy atom. The number of aliphatic hydroxyl groups is 2. The predicted molar refractivity (Wildman–Crippen MR) is 57.6 cm³/mol. The van der Waals surface area contributed by atoms with Crippen molar-refractivity contribution in [3.8, 4) is 5.75 Å². The monoisotopic (exact) mass is 229 g/mol. The molecule has 1 aromatic carbocycles. The molecule has 1 rings (SSSR count). The Morgan fingerprint density at radius 1 is 1.38 bits per heavy atom. The van der Waals surface area contributed by atoms with Gasteiger partial charge in [0.25, 0.3) is 0 Å². The average Bonchev–Trinajstić information content (AvgIpc) is 2.28. The van der Waals surface area contributed by atoms with E-state index in [1.54, 1.807) is 7.05 Å². The molecule has 2 unspecified atom stereocenters. The van der Waals surface area contributed by atoms with Crippen molar-refractivity contribution < 1.29 is 19.7 Å². The highest BCUT2D eigenvalue weighted by atomic mass is 19.1. The van der Waals surface area contributed by atoms with Gasteiger partial charge in [0, 0.05) is 5.56 Å². The number of hydrogen-bond donors (Lipinski definition) is 4. The molecule has 0 fully saturated rings. The fourth-order valence-corrected chi connectivity index (χ4v) is 1.42. The summed E-state index contributed by atoms with van der Waals surface area (Å²) in [7, 11) is 1.72. The number of aromatic hydroxyl groups is 1. The molecule has 1 aromatic rings. The quantitative estimate of drug-likeness (QED) is 0.594. The molecule has 0 radical (unpaired) electrons. The molecule has 0 aliphatic carbocycles. The first-order chi connectivity index (χ1) is 7.56. The first-order valence-corrected chi connectivity index (χ1v) is 5.05. The van der Waals surface area contributed by atoms with Gasteiger partial charge in [0.1, 0.15) is 17.7 Å². The van der Waals surface area contributed by atoms with E-state index in [4.69, 9.17) is 0 Å². The van der Waals surface area contributed by atoms with Gasteiger partial charge in [0.05, 0.1) is 6.10 Å². The third kappa shape index (κ3) is 3.16. The summed E-state index contributed by atoms with van der Waals surface area (Å²) >= 11 is 0. The van der Waals surface area contributed by atoms with Crippen LogP contribution < -0.4 is 5.32 Å². The van der Waals surface area contributed by atoms with Crippen LogP contribution in [0.15, 0.2) is 18.2 Å². The molecule has 2 atom stereocenters. The first-order valence-electron chi connectivity index (χ1n) is 5.05. The topological polar surface area (TPSA) is 72.7 Å². The van der Waals surface area contributed by atoms with Crippen LogP contribution in [0.3, 0.4) is 0 Å². The summed E-state index contributed by atoms with van der Waals surface area (Å²) in [6.07, 6.45) is -2.02. The third-order valence-corrected chi connectivity index (χ3v) is 2.36. The standard InChI is InChI=1S/C11H16FNO3/c1-13-5-4-10(15)11(16)8-6-7(12)2-3-9(8)14/h2-3,6,10-11,13-16H,4-5H2,1H3. The Kier molecular flexibility index (Phi) is 4.67. The molecule has 0 bridgehead atoms. The van der Waals surface area contributed by atoms with Crippen LogP contribution >= 0.6 is 0 Å². The fraction of sp³-hybridized carbons (Fsp3) is 0.455. The Morgan fingerprint density at radius 3 is 2.69 bits per heavy atom. The Balaban J connectivity index is 2.78. The van der Waals surface area contributed by atoms with Crippen LogP contribution in [0.25, 0.3) is 0 Å². The lowest BCUT2D eigenvalue weighted by atomic mass is 10.0. The molecule has 0 saturated carbocycles. The number of phenols is 1. The molecule has 4 N–H and O–H groups in total. The van der Waals surface area contributed by atoms with Gasteiger partial charge in [0.15, 0.2) is 0 Å². The van der Waals surface area contributed by atoms with Crippen LogP contribution in [0, 0.1) is 5.82 Å². The van der Waals surface area contributed by atoms with Crippen LogP contribution in [0.1, 0.15) is 18.1 Å². The predicted octanol–water partition coefficient (Wildman–Crippen LogP) is 0.535. The zero-order chi connectivity index (χ0) is 12.1. The van der Waals surface area contributed by atoms with E-state index in [2.05, 4.69) is 5.32 Å². The summed E-state index contributed by atoms with van der Waals surface area (Å²) in [6, 6.07) is 3.26. The molecule has 16 heavy (non-hydrogen) atoms. The van der Waals surface area contributed by atoms with Crippen LogP contribution in [0.2, 0.25) is 0 Å². The number of benzene rings is 1. The summed E-state index contributed by atoms with van der Waals surface area (Å²) in [5, 5.41) is 31.6. The van der Waals surface area contributed by atoms with Gasteiger partial charge in [0.2, 0.25) is 0 Å². The van der Waals surface area contributed by atoms with Crippen molar-refractivity contribution in [2.75, 3.05) is 13.6 Å². The molecular formula is C11H16FNO3. The molecule has 0 aliphatic heterocycles. The summed E-state index contributed by atoms with van der Waals surface area (Å²) in [5.41, 5.74) is 0.00334. The van der Waals surface area contributed by atoms with Crippen molar-refractivity contribution in [1.82, 2.24) is 5.32 Å². The SMILES string of the molecule is CNCCC(O)C(O)c1cc(F)ccc1O. The van der Waals surface area contributed by atoms with E-state index in [1.807, 2.05) is 0 Å². The molecule has 90 valence electrons. The molecule has 5 heteroatoms. The van der Waals surface area contributed by atoms with Crippen molar-refractivity contribution in [3.05, 3.63) is 29.6 Å². The van der Waals surface area contributed by atoms with Crippen molar-refractivity contribution in [2.45, 2.75) is 18.6 Å². The van der Waals surface area contributed by atoms with E-state index < -0.39 is 18.0 Å². The van der Waals surface area contributed by atoms with Crippen molar-refractivity contribution in [1.29, 1.82) is 0 Å². The van der Waals surface area contributed by atoms with E-state index in [0.717, 1.165) is 18.2 Å². The van der Waals surface area contributed by atoms with E-state index in [1.165, 1.54) is 0 Å². The second-order valence-electron chi connectivity index (χ2n) is 3.61. The molecule has 0 saturated heterocycles. The maximum Gasteiger partial charge on any atom is 0.123 e. The second-order valence-corrected chi connectivity index (χ2v) is 3.61.